The molecule has 18 heavy (non-hydrogen) atoms. The number of rotatable bonds is 2. The molecular formula is C12H16BrN5. The van der Waals surface area contributed by atoms with E-state index in [0.717, 1.165) is 16.7 Å². The van der Waals surface area contributed by atoms with Crippen molar-refractivity contribution in [2.45, 2.75) is 25.8 Å². The van der Waals surface area contributed by atoms with Crippen molar-refractivity contribution in [1.29, 1.82) is 0 Å². The van der Waals surface area contributed by atoms with Gasteiger partial charge in [0.15, 0.2) is 5.82 Å². The molecule has 3 heterocycles. The fraction of sp³-hybridized carbons (Fsp3) is 0.500. The molecule has 0 aliphatic carbocycles. The Bertz CT molecular complexity index is 559. The maximum Gasteiger partial charge on any atom is 0.151 e. The van der Waals surface area contributed by atoms with Gasteiger partial charge in [0.1, 0.15) is 16.4 Å². The molecule has 0 saturated carbocycles. The molecule has 1 saturated heterocycles. The monoisotopic (exact) mass is 309 g/mol. The van der Waals surface area contributed by atoms with E-state index in [1.54, 1.807) is 0 Å². The minimum Gasteiger partial charge on any atom is -0.382 e. The highest BCUT2D eigenvalue weighted by Crippen LogP contribution is 2.25. The van der Waals surface area contributed by atoms with Crippen molar-refractivity contribution in [3.05, 3.63) is 22.6 Å². The highest BCUT2D eigenvalue weighted by molar-refractivity contribution is 9.10. The molecule has 1 aliphatic heterocycles. The fourth-order valence-corrected chi connectivity index (χ4v) is 3.13. The smallest absolute Gasteiger partial charge is 0.151 e. The van der Waals surface area contributed by atoms with Crippen LogP contribution in [0.25, 0.3) is 5.52 Å². The fourth-order valence-electron chi connectivity index (χ4n) is 2.58. The molecule has 3 rings (SSSR count). The number of piperidine rings is 1. The summed E-state index contributed by atoms with van der Waals surface area (Å²) in [5.41, 5.74) is 8.09. The molecule has 0 unspecified atom stereocenters. The molecule has 1 fully saturated rings. The van der Waals surface area contributed by atoms with Gasteiger partial charge >= 0.3 is 0 Å². The normalized spacial score (nSPS) is 17.4. The van der Waals surface area contributed by atoms with Gasteiger partial charge in [-0.25, -0.2) is 9.50 Å². The minimum absolute atomic E-state index is 0.544. The minimum atomic E-state index is 0.544. The van der Waals surface area contributed by atoms with Crippen LogP contribution in [0.2, 0.25) is 0 Å². The second-order valence-corrected chi connectivity index (χ2v) is 5.55. The molecule has 0 bridgehead atoms. The lowest BCUT2D eigenvalue weighted by atomic mass is 10.1. The van der Waals surface area contributed by atoms with Crippen molar-refractivity contribution < 1.29 is 0 Å². The Morgan fingerprint density at radius 1 is 1.28 bits per heavy atom. The first-order valence-electron chi connectivity index (χ1n) is 6.24. The summed E-state index contributed by atoms with van der Waals surface area (Å²) in [6, 6.07) is 2.09. The van der Waals surface area contributed by atoms with Crippen LogP contribution in [0, 0.1) is 0 Å². The zero-order valence-corrected chi connectivity index (χ0v) is 11.7. The number of aromatic nitrogens is 3. The average molecular weight is 310 g/mol. The van der Waals surface area contributed by atoms with Crippen LogP contribution in [0.5, 0.6) is 0 Å². The lowest BCUT2D eigenvalue weighted by Crippen LogP contribution is -2.29. The number of halogens is 1. The maximum atomic E-state index is 5.96. The van der Waals surface area contributed by atoms with Crippen LogP contribution < -0.4 is 5.73 Å². The summed E-state index contributed by atoms with van der Waals surface area (Å²) in [4.78, 5) is 6.55. The number of likely N-dealkylation sites (tertiary alicyclic amines) is 1. The predicted octanol–water partition coefficient (Wildman–Crippen LogP) is 2.06. The van der Waals surface area contributed by atoms with Gasteiger partial charge in [0.2, 0.25) is 0 Å². The Kier molecular flexibility index (Phi) is 3.22. The standard InChI is InChI=1S/C12H16BrN5/c13-10-6-9(7-17-4-2-1-3-5-17)11-12(14)15-8-16-18(10)11/h6,8H,1-5,7H2,(H2,14,15,16). The van der Waals surface area contributed by atoms with E-state index in [2.05, 4.69) is 37.0 Å². The Balaban J connectivity index is 1.96. The third kappa shape index (κ3) is 2.10. The third-order valence-corrected chi connectivity index (χ3v) is 4.03. The summed E-state index contributed by atoms with van der Waals surface area (Å²) in [5.74, 6) is 0.544. The topological polar surface area (TPSA) is 59.4 Å². The van der Waals surface area contributed by atoms with E-state index in [1.165, 1.54) is 44.2 Å². The molecule has 1 aliphatic rings. The van der Waals surface area contributed by atoms with E-state index in [-0.39, 0.29) is 0 Å². The van der Waals surface area contributed by atoms with Gasteiger partial charge < -0.3 is 5.73 Å². The Hall–Kier alpha value is -1.14. The second kappa shape index (κ2) is 4.85. The molecule has 2 N–H and O–H groups in total. The molecular weight excluding hydrogens is 294 g/mol. The molecule has 2 aromatic rings. The average Bonchev–Trinajstić information content (AvgIpc) is 2.69. The molecule has 0 atom stereocenters. The zero-order chi connectivity index (χ0) is 12.5. The molecule has 0 spiro atoms. The van der Waals surface area contributed by atoms with Crippen LogP contribution in [-0.4, -0.2) is 32.6 Å². The highest BCUT2D eigenvalue weighted by atomic mass is 79.9. The van der Waals surface area contributed by atoms with E-state index in [1.807, 2.05) is 4.52 Å². The Morgan fingerprint density at radius 3 is 2.83 bits per heavy atom. The van der Waals surface area contributed by atoms with Gasteiger partial charge in [-0.15, -0.1) is 0 Å². The number of hydrogen-bond donors (Lipinski definition) is 1. The van der Waals surface area contributed by atoms with Gasteiger partial charge in [-0.3, -0.25) is 4.90 Å². The number of nitrogen functional groups attached to an aromatic ring is 1. The molecule has 96 valence electrons. The summed E-state index contributed by atoms with van der Waals surface area (Å²) in [6.45, 7) is 3.26. The molecule has 0 radical (unpaired) electrons. The van der Waals surface area contributed by atoms with E-state index >= 15 is 0 Å². The van der Waals surface area contributed by atoms with Gasteiger partial charge in [-0.1, -0.05) is 6.42 Å². The van der Waals surface area contributed by atoms with E-state index in [4.69, 9.17) is 5.73 Å². The lowest BCUT2D eigenvalue weighted by Gasteiger charge is -2.26. The SMILES string of the molecule is Nc1ncnn2c(Br)cc(CN3CCCCC3)c12. The quantitative estimate of drug-likeness (QED) is 0.922. The Labute approximate surface area is 114 Å². The number of anilines is 1. The van der Waals surface area contributed by atoms with Crippen molar-refractivity contribution in [2.24, 2.45) is 0 Å². The summed E-state index contributed by atoms with van der Waals surface area (Å²) in [7, 11) is 0. The van der Waals surface area contributed by atoms with Crippen LogP contribution in [0.4, 0.5) is 5.82 Å². The Morgan fingerprint density at radius 2 is 2.06 bits per heavy atom. The number of nitrogens with two attached hydrogens (primary N) is 1. The third-order valence-electron chi connectivity index (χ3n) is 3.46. The first-order chi connectivity index (χ1) is 8.75. The van der Waals surface area contributed by atoms with Gasteiger partial charge in [-0.05, 0) is 53.5 Å². The van der Waals surface area contributed by atoms with Crippen molar-refractivity contribution in [3.8, 4) is 0 Å². The zero-order valence-electron chi connectivity index (χ0n) is 10.1. The molecule has 5 nitrogen and oxygen atoms in total. The first-order valence-corrected chi connectivity index (χ1v) is 7.04. The second-order valence-electron chi connectivity index (χ2n) is 4.73. The van der Waals surface area contributed by atoms with Gasteiger partial charge in [0.25, 0.3) is 0 Å². The van der Waals surface area contributed by atoms with Crippen molar-refractivity contribution in [1.82, 2.24) is 19.5 Å². The summed E-state index contributed by atoms with van der Waals surface area (Å²) in [6.07, 6.45) is 5.41. The number of hydrogen-bond acceptors (Lipinski definition) is 4. The van der Waals surface area contributed by atoms with Crippen LogP contribution in [-0.2, 0) is 6.54 Å². The van der Waals surface area contributed by atoms with Gasteiger partial charge in [-0.2, -0.15) is 5.10 Å². The molecule has 2 aromatic heterocycles. The summed E-state index contributed by atoms with van der Waals surface area (Å²) >= 11 is 3.52. The molecule has 6 heteroatoms. The number of fused-ring (bicyclic) bond motifs is 1. The van der Waals surface area contributed by atoms with Crippen molar-refractivity contribution in [3.63, 3.8) is 0 Å². The maximum absolute atomic E-state index is 5.96. The van der Waals surface area contributed by atoms with E-state index in [9.17, 15) is 0 Å². The summed E-state index contributed by atoms with van der Waals surface area (Å²) in [5, 5.41) is 4.22. The van der Waals surface area contributed by atoms with Crippen LogP contribution in [0.1, 0.15) is 24.8 Å². The van der Waals surface area contributed by atoms with E-state index < -0.39 is 0 Å². The lowest BCUT2D eigenvalue weighted by molar-refractivity contribution is 0.221. The van der Waals surface area contributed by atoms with Gasteiger partial charge in [0, 0.05) is 6.54 Å². The summed E-state index contributed by atoms with van der Waals surface area (Å²) < 4.78 is 2.74. The largest absolute Gasteiger partial charge is 0.382 e. The predicted molar refractivity (Wildman–Crippen MR) is 74.2 cm³/mol. The molecule has 0 aromatic carbocycles. The van der Waals surface area contributed by atoms with Gasteiger partial charge in [0.05, 0.1) is 0 Å². The van der Waals surface area contributed by atoms with Crippen molar-refractivity contribution in [2.75, 3.05) is 18.8 Å². The van der Waals surface area contributed by atoms with Crippen LogP contribution in [0.15, 0.2) is 17.0 Å². The first kappa shape index (κ1) is 11.9. The number of nitrogens with zero attached hydrogens (tertiary/aromatic N) is 4. The molecule has 0 amide bonds. The van der Waals surface area contributed by atoms with Crippen molar-refractivity contribution >= 4 is 27.3 Å². The van der Waals surface area contributed by atoms with Crippen LogP contribution in [0.3, 0.4) is 0 Å². The van der Waals surface area contributed by atoms with E-state index in [0.29, 0.717) is 5.82 Å². The highest BCUT2D eigenvalue weighted by Gasteiger charge is 2.16. The van der Waals surface area contributed by atoms with Crippen LogP contribution >= 0.6 is 15.9 Å².